The molecule has 126 valence electrons. The van der Waals surface area contributed by atoms with Crippen LogP contribution in [0.1, 0.15) is 37.5 Å². The van der Waals surface area contributed by atoms with Gasteiger partial charge < -0.3 is 19.6 Å². The number of carbonyl (C=O) groups excluding carboxylic acids is 1. The zero-order chi connectivity index (χ0) is 17.9. The van der Waals surface area contributed by atoms with Crippen molar-refractivity contribution in [2.75, 3.05) is 7.11 Å². The molecule has 1 heterocycles. The van der Waals surface area contributed by atoms with Crippen LogP contribution in [0.4, 0.5) is 0 Å². The Morgan fingerprint density at radius 3 is 2.46 bits per heavy atom. The molecule has 2 rings (SSSR count). The van der Waals surface area contributed by atoms with E-state index < -0.39 is 11.4 Å². The van der Waals surface area contributed by atoms with Crippen molar-refractivity contribution in [3.8, 4) is 29.2 Å². The molecule has 0 spiro atoms. The van der Waals surface area contributed by atoms with Gasteiger partial charge in [-0.1, -0.05) is 11.8 Å². The first kappa shape index (κ1) is 17.5. The van der Waals surface area contributed by atoms with E-state index in [1.807, 2.05) is 25.1 Å². The summed E-state index contributed by atoms with van der Waals surface area (Å²) >= 11 is 0. The fourth-order valence-electron chi connectivity index (χ4n) is 1.85. The molecule has 0 aliphatic carbocycles. The molecule has 1 aromatic carbocycles. The highest BCUT2D eigenvalue weighted by atomic mass is 16.5. The SMILES string of the molecule is COc1ccc(C#Cc2c[nH]c(OC(=O)C(C)(C)C)c2O)c(C)c1. The van der Waals surface area contributed by atoms with Crippen molar-refractivity contribution in [3.63, 3.8) is 0 Å². The summed E-state index contributed by atoms with van der Waals surface area (Å²) in [4.78, 5) is 14.6. The quantitative estimate of drug-likeness (QED) is 0.655. The molecule has 0 unspecified atom stereocenters. The first-order chi connectivity index (χ1) is 11.2. The van der Waals surface area contributed by atoms with E-state index in [0.29, 0.717) is 5.56 Å². The van der Waals surface area contributed by atoms with E-state index in [1.54, 1.807) is 27.9 Å². The van der Waals surface area contributed by atoms with Crippen LogP contribution < -0.4 is 9.47 Å². The van der Waals surface area contributed by atoms with Crippen LogP contribution in [-0.4, -0.2) is 23.2 Å². The topological polar surface area (TPSA) is 71.5 Å². The second-order valence-corrected chi connectivity index (χ2v) is 6.45. The van der Waals surface area contributed by atoms with Crippen molar-refractivity contribution in [2.45, 2.75) is 27.7 Å². The van der Waals surface area contributed by atoms with Gasteiger partial charge in [0.05, 0.1) is 18.1 Å². The molecule has 1 aromatic heterocycles. The summed E-state index contributed by atoms with van der Waals surface area (Å²) in [6.45, 7) is 7.15. The summed E-state index contributed by atoms with van der Waals surface area (Å²) in [5, 5.41) is 10.1. The second-order valence-electron chi connectivity index (χ2n) is 6.45. The average Bonchev–Trinajstić information content (AvgIpc) is 2.85. The molecule has 5 heteroatoms. The van der Waals surface area contributed by atoms with Gasteiger partial charge in [-0.3, -0.25) is 4.79 Å². The Morgan fingerprint density at radius 1 is 1.21 bits per heavy atom. The van der Waals surface area contributed by atoms with Crippen LogP contribution in [0.3, 0.4) is 0 Å². The van der Waals surface area contributed by atoms with Crippen molar-refractivity contribution in [1.82, 2.24) is 4.98 Å². The Labute approximate surface area is 141 Å². The molecule has 0 saturated heterocycles. The predicted molar refractivity (Wildman–Crippen MR) is 91.3 cm³/mol. The molecule has 0 bridgehead atoms. The fourth-order valence-corrected chi connectivity index (χ4v) is 1.85. The van der Waals surface area contributed by atoms with Gasteiger partial charge in [-0.2, -0.15) is 0 Å². The molecule has 0 atom stereocenters. The van der Waals surface area contributed by atoms with Crippen molar-refractivity contribution in [2.24, 2.45) is 5.41 Å². The zero-order valence-electron chi connectivity index (χ0n) is 14.5. The third kappa shape index (κ3) is 3.90. The number of methoxy groups -OCH3 is 1. The molecule has 24 heavy (non-hydrogen) atoms. The molecule has 2 N–H and O–H groups in total. The van der Waals surface area contributed by atoms with Gasteiger partial charge in [0, 0.05) is 11.8 Å². The lowest BCUT2D eigenvalue weighted by atomic mass is 9.97. The largest absolute Gasteiger partial charge is 0.502 e. The molecule has 0 saturated carbocycles. The summed E-state index contributed by atoms with van der Waals surface area (Å²) in [5.74, 6) is 6.02. The smallest absolute Gasteiger partial charge is 0.318 e. The van der Waals surface area contributed by atoms with Gasteiger partial charge in [0.15, 0.2) is 5.75 Å². The maximum atomic E-state index is 11.9. The van der Waals surface area contributed by atoms with E-state index >= 15 is 0 Å². The van der Waals surface area contributed by atoms with Gasteiger partial charge in [0.1, 0.15) is 5.75 Å². The third-order valence-corrected chi connectivity index (χ3v) is 3.39. The van der Waals surface area contributed by atoms with Crippen LogP contribution >= 0.6 is 0 Å². The Bertz CT molecular complexity index is 816. The number of aromatic amines is 1. The van der Waals surface area contributed by atoms with Crippen molar-refractivity contribution >= 4 is 5.97 Å². The summed E-state index contributed by atoms with van der Waals surface area (Å²) in [5.41, 5.74) is 1.49. The average molecular weight is 327 g/mol. The predicted octanol–water partition coefficient (Wildman–Crippen LogP) is 3.39. The van der Waals surface area contributed by atoms with E-state index in [1.165, 1.54) is 6.20 Å². The van der Waals surface area contributed by atoms with Gasteiger partial charge in [0.2, 0.25) is 5.88 Å². The number of aromatic nitrogens is 1. The zero-order valence-corrected chi connectivity index (χ0v) is 14.5. The van der Waals surface area contributed by atoms with Crippen molar-refractivity contribution in [1.29, 1.82) is 0 Å². The van der Waals surface area contributed by atoms with E-state index in [0.717, 1.165) is 16.9 Å². The van der Waals surface area contributed by atoms with Crippen LogP contribution in [0.15, 0.2) is 24.4 Å². The summed E-state index contributed by atoms with van der Waals surface area (Å²) in [7, 11) is 1.61. The van der Waals surface area contributed by atoms with E-state index in [4.69, 9.17) is 9.47 Å². The van der Waals surface area contributed by atoms with Crippen LogP contribution in [0.2, 0.25) is 0 Å². The highest BCUT2D eigenvalue weighted by molar-refractivity contribution is 5.78. The summed E-state index contributed by atoms with van der Waals surface area (Å²) in [6.07, 6.45) is 1.51. The van der Waals surface area contributed by atoms with Gasteiger partial charge in [-0.15, -0.1) is 0 Å². The molecule has 0 fully saturated rings. The number of carbonyl (C=O) groups is 1. The maximum Gasteiger partial charge on any atom is 0.318 e. The molecule has 2 aromatic rings. The van der Waals surface area contributed by atoms with E-state index in [9.17, 15) is 9.90 Å². The monoisotopic (exact) mass is 327 g/mol. The van der Waals surface area contributed by atoms with Crippen molar-refractivity contribution < 1.29 is 19.4 Å². The number of hydrogen-bond donors (Lipinski definition) is 2. The minimum atomic E-state index is -0.663. The first-order valence-corrected chi connectivity index (χ1v) is 7.51. The minimum Gasteiger partial charge on any atom is -0.502 e. The standard InChI is InChI=1S/C19H21NO4/c1-12-10-15(23-5)9-8-13(12)6-7-14-11-20-17(16(14)21)24-18(22)19(2,3)4/h8-11,20-21H,1-5H3. The Balaban J connectivity index is 2.23. The number of ether oxygens (including phenoxy) is 2. The molecule has 0 aliphatic heterocycles. The lowest BCUT2D eigenvalue weighted by molar-refractivity contribution is -0.143. The Kier molecular flexibility index (Phi) is 4.89. The number of hydrogen-bond acceptors (Lipinski definition) is 4. The van der Waals surface area contributed by atoms with E-state index in [-0.39, 0.29) is 11.6 Å². The molecular formula is C19H21NO4. The van der Waals surface area contributed by atoms with Gasteiger partial charge >= 0.3 is 5.97 Å². The normalized spacial score (nSPS) is 10.7. The minimum absolute atomic E-state index is 0.00526. The summed E-state index contributed by atoms with van der Waals surface area (Å²) < 4.78 is 10.3. The van der Waals surface area contributed by atoms with Gasteiger partial charge in [-0.25, -0.2) is 0 Å². The number of esters is 1. The highest BCUT2D eigenvalue weighted by Crippen LogP contribution is 2.30. The second kappa shape index (κ2) is 6.71. The Morgan fingerprint density at radius 2 is 1.88 bits per heavy atom. The van der Waals surface area contributed by atoms with Crippen LogP contribution in [-0.2, 0) is 4.79 Å². The van der Waals surface area contributed by atoms with Gasteiger partial charge in [-0.05, 0) is 51.5 Å². The maximum absolute atomic E-state index is 11.9. The molecule has 5 nitrogen and oxygen atoms in total. The number of aryl methyl sites for hydroxylation is 1. The number of benzene rings is 1. The van der Waals surface area contributed by atoms with Crippen LogP contribution in [0.25, 0.3) is 0 Å². The third-order valence-electron chi connectivity index (χ3n) is 3.39. The van der Waals surface area contributed by atoms with Crippen LogP contribution in [0.5, 0.6) is 17.4 Å². The molecule has 0 radical (unpaired) electrons. The number of rotatable bonds is 2. The first-order valence-electron chi connectivity index (χ1n) is 7.51. The van der Waals surface area contributed by atoms with Gasteiger partial charge in [0.25, 0.3) is 0 Å². The molecule has 0 aliphatic rings. The van der Waals surface area contributed by atoms with Crippen molar-refractivity contribution in [3.05, 3.63) is 41.1 Å². The number of aromatic hydroxyl groups is 1. The molecule has 0 amide bonds. The lowest BCUT2D eigenvalue weighted by Gasteiger charge is -2.15. The van der Waals surface area contributed by atoms with Crippen LogP contribution in [0, 0.1) is 24.2 Å². The lowest BCUT2D eigenvalue weighted by Crippen LogP contribution is -2.25. The summed E-state index contributed by atoms with van der Waals surface area (Å²) in [6, 6.07) is 5.56. The fraction of sp³-hybridized carbons (Fsp3) is 0.316. The number of nitrogens with one attached hydrogen (secondary N) is 1. The number of H-pyrrole nitrogens is 1. The van der Waals surface area contributed by atoms with E-state index in [2.05, 4.69) is 16.8 Å². The highest BCUT2D eigenvalue weighted by Gasteiger charge is 2.25. The molecular weight excluding hydrogens is 306 g/mol. The Hall–Kier alpha value is -2.87.